The topological polar surface area (TPSA) is 87.1 Å². The van der Waals surface area contributed by atoms with Crippen molar-refractivity contribution < 1.29 is 24.5 Å². The fourth-order valence-electron chi connectivity index (χ4n) is 2.47. The monoisotopic (exact) mass is 273 g/mol. The summed E-state index contributed by atoms with van der Waals surface area (Å²) in [4.78, 5) is 24.8. The quantitative estimate of drug-likeness (QED) is 0.810. The zero-order chi connectivity index (χ0) is 14.8. The third-order valence-electron chi connectivity index (χ3n) is 3.62. The molecule has 0 radical (unpaired) electrons. The van der Waals surface area contributed by atoms with Gasteiger partial charge in [0.2, 0.25) is 0 Å². The molecule has 0 spiro atoms. The Kier molecular flexibility index (Phi) is 4.45. The van der Waals surface area contributed by atoms with Crippen LogP contribution in [-0.2, 0) is 9.53 Å². The Morgan fingerprint density at radius 2 is 2.00 bits per heavy atom. The van der Waals surface area contributed by atoms with E-state index in [1.54, 1.807) is 27.7 Å². The molecule has 6 heteroatoms. The molecule has 1 aliphatic heterocycles. The summed E-state index contributed by atoms with van der Waals surface area (Å²) in [7, 11) is 0. The Hall–Kier alpha value is -1.30. The summed E-state index contributed by atoms with van der Waals surface area (Å²) in [5.41, 5.74) is -1.70. The van der Waals surface area contributed by atoms with Crippen molar-refractivity contribution in [3.8, 4) is 0 Å². The predicted octanol–water partition coefficient (Wildman–Crippen LogP) is 1.33. The van der Waals surface area contributed by atoms with Crippen LogP contribution in [-0.4, -0.2) is 52.5 Å². The van der Waals surface area contributed by atoms with Crippen LogP contribution in [0, 0.1) is 11.3 Å². The second-order valence-corrected chi connectivity index (χ2v) is 6.06. The maximum Gasteiger partial charge on any atom is 0.410 e. The first-order valence-corrected chi connectivity index (χ1v) is 6.48. The molecule has 0 saturated carbocycles. The number of carboxylic acids is 1. The van der Waals surface area contributed by atoms with Crippen LogP contribution in [0.5, 0.6) is 0 Å². The third-order valence-corrected chi connectivity index (χ3v) is 3.62. The Morgan fingerprint density at radius 3 is 2.32 bits per heavy atom. The Morgan fingerprint density at radius 1 is 1.42 bits per heavy atom. The number of ether oxygens (including phenoxy) is 1. The van der Waals surface area contributed by atoms with Crippen molar-refractivity contribution in [3.63, 3.8) is 0 Å². The van der Waals surface area contributed by atoms with E-state index in [1.165, 1.54) is 4.90 Å². The molecule has 0 bridgehead atoms. The molecule has 1 aliphatic rings. The molecule has 19 heavy (non-hydrogen) atoms. The number of aliphatic carboxylic acids is 1. The number of hydrogen-bond donors (Lipinski definition) is 2. The van der Waals surface area contributed by atoms with Crippen molar-refractivity contribution >= 4 is 12.1 Å². The third kappa shape index (κ3) is 3.18. The van der Waals surface area contributed by atoms with Gasteiger partial charge in [-0.25, -0.2) is 4.79 Å². The Labute approximate surface area is 113 Å². The van der Waals surface area contributed by atoms with Crippen LogP contribution >= 0.6 is 0 Å². The van der Waals surface area contributed by atoms with E-state index in [1.807, 2.05) is 0 Å². The van der Waals surface area contributed by atoms with Crippen molar-refractivity contribution in [2.75, 3.05) is 19.7 Å². The Bertz CT molecular complexity index is 363. The van der Waals surface area contributed by atoms with Gasteiger partial charge in [0, 0.05) is 25.6 Å². The molecular weight excluding hydrogens is 250 g/mol. The molecule has 1 rings (SSSR count). The van der Waals surface area contributed by atoms with Gasteiger partial charge in [-0.15, -0.1) is 0 Å². The highest BCUT2D eigenvalue weighted by Gasteiger charge is 2.52. The lowest BCUT2D eigenvalue weighted by Crippen LogP contribution is -2.41. The molecule has 110 valence electrons. The number of carboxylic acid groups (broad SMARTS) is 1. The smallest absolute Gasteiger partial charge is 0.410 e. The van der Waals surface area contributed by atoms with Crippen molar-refractivity contribution in [2.24, 2.45) is 11.3 Å². The van der Waals surface area contributed by atoms with Gasteiger partial charge in [-0.1, -0.05) is 6.92 Å². The van der Waals surface area contributed by atoms with Crippen molar-refractivity contribution in [1.29, 1.82) is 0 Å². The molecule has 1 saturated heterocycles. The maximum absolute atomic E-state index is 12.0. The fourth-order valence-corrected chi connectivity index (χ4v) is 2.47. The van der Waals surface area contributed by atoms with Crippen LogP contribution in [0.25, 0.3) is 0 Å². The number of carbonyl (C=O) groups is 2. The SMILES string of the molecule is CC[C@]1(C(=O)O)CN(C(=O)OC(C)(C)C)C[C@@H]1CO. The summed E-state index contributed by atoms with van der Waals surface area (Å²) in [6.07, 6.45) is -0.158. The molecule has 1 amide bonds. The van der Waals surface area contributed by atoms with E-state index < -0.39 is 29.0 Å². The zero-order valence-electron chi connectivity index (χ0n) is 12.0. The van der Waals surface area contributed by atoms with E-state index >= 15 is 0 Å². The maximum atomic E-state index is 12.0. The van der Waals surface area contributed by atoms with Gasteiger partial charge in [0.05, 0.1) is 5.41 Å². The average Bonchev–Trinajstić information content (AvgIpc) is 2.66. The van der Waals surface area contributed by atoms with Crippen LogP contribution in [0.1, 0.15) is 34.1 Å². The van der Waals surface area contributed by atoms with Crippen molar-refractivity contribution in [2.45, 2.75) is 39.7 Å². The van der Waals surface area contributed by atoms with E-state index in [0.29, 0.717) is 6.42 Å². The average molecular weight is 273 g/mol. The molecule has 1 fully saturated rings. The highest BCUT2D eigenvalue weighted by Crippen LogP contribution is 2.39. The fraction of sp³-hybridized carbons (Fsp3) is 0.846. The van der Waals surface area contributed by atoms with Gasteiger partial charge in [0.25, 0.3) is 0 Å². The standard InChI is InChI=1S/C13H23NO5/c1-5-13(10(16)17)8-14(6-9(13)7-15)11(18)19-12(2,3)4/h9,15H,5-8H2,1-4H3,(H,16,17)/t9-,13+/m1/s1. The van der Waals surface area contributed by atoms with Gasteiger partial charge in [0.15, 0.2) is 0 Å². The molecule has 0 unspecified atom stereocenters. The summed E-state index contributed by atoms with van der Waals surface area (Å²) in [5.74, 6) is -1.43. The summed E-state index contributed by atoms with van der Waals surface area (Å²) in [6, 6.07) is 0. The minimum atomic E-state index is -1.08. The zero-order valence-corrected chi connectivity index (χ0v) is 12.0. The number of nitrogens with zero attached hydrogens (tertiary/aromatic N) is 1. The molecule has 0 aromatic carbocycles. The minimum absolute atomic E-state index is 0.0823. The predicted molar refractivity (Wildman–Crippen MR) is 68.7 cm³/mol. The van der Waals surface area contributed by atoms with Gasteiger partial charge in [-0.05, 0) is 27.2 Å². The number of aliphatic hydroxyl groups excluding tert-OH is 1. The second kappa shape index (κ2) is 5.36. The number of carbonyl (C=O) groups excluding carboxylic acids is 1. The van der Waals surface area contributed by atoms with E-state index in [4.69, 9.17) is 4.74 Å². The highest BCUT2D eigenvalue weighted by molar-refractivity contribution is 5.78. The first kappa shape index (κ1) is 15.8. The van der Waals surface area contributed by atoms with Crippen LogP contribution in [0.2, 0.25) is 0 Å². The lowest BCUT2D eigenvalue weighted by molar-refractivity contribution is -0.151. The minimum Gasteiger partial charge on any atom is -0.481 e. The summed E-state index contributed by atoms with van der Waals surface area (Å²) < 4.78 is 5.24. The second-order valence-electron chi connectivity index (χ2n) is 6.06. The van der Waals surface area contributed by atoms with Gasteiger partial charge >= 0.3 is 12.1 Å². The molecule has 2 N–H and O–H groups in total. The molecule has 2 atom stereocenters. The summed E-state index contributed by atoms with van der Waals surface area (Å²) >= 11 is 0. The molecule has 0 aliphatic carbocycles. The largest absolute Gasteiger partial charge is 0.481 e. The molecule has 1 heterocycles. The van der Waals surface area contributed by atoms with E-state index in [2.05, 4.69) is 0 Å². The number of aliphatic hydroxyl groups is 1. The molecule has 6 nitrogen and oxygen atoms in total. The van der Waals surface area contributed by atoms with Gasteiger partial charge in [-0.3, -0.25) is 4.79 Å². The van der Waals surface area contributed by atoms with Gasteiger partial charge in [-0.2, -0.15) is 0 Å². The summed E-state index contributed by atoms with van der Waals surface area (Å²) in [5, 5.41) is 18.8. The van der Waals surface area contributed by atoms with Crippen LogP contribution < -0.4 is 0 Å². The van der Waals surface area contributed by atoms with Crippen molar-refractivity contribution in [1.82, 2.24) is 4.90 Å². The van der Waals surface area contributed by atoms with Gasteiger partial charge in [0.1, 0.15) is 5.60 Å². The first-order valence-electron chi connectivity index (χ1n) is 6.48. The highest BCUT2D eigenvalue weighted by atomic mass is 16.6. The first-order chi connectivity index (χ1) is 8.66. The van der Waals surface area contributed by atoms with Gasteiger partial charge < -0.3 is 19.8 Å². The summed E-state index contributed by atoms with van der Waals surface area (Å²) in [6.45, 7) is 7.08. The number of likely N-dealkylation sites (tertiary alicyclic amines) is 1. The normalized spacial score (nSPS) is 27.4. The molecular formula is C13H23NO5. The van der Waals surface area contributed by atoms with E-state index in [0.717, 1.165) is 0 Å². The van der Waals surface area contributed by atoms with Crippen LogP contribution in [0.15, 0.2) is 0 Å². The number of amides is 1. The van der Waals surface area contributed by atoms with Crippen LogP contribution in [0.3, 0.4) is 0 Å². The van der Waals surface area contributed by atoms with Crippen LogP contribution in [0.4, 0.5) is 4.79 Å². The lowest BCUT2D eigenvalue weighted by atomic mass is 9.76. The lowest BCUT2D eigenvalue weighted by Gasteiger charge is -2.28. The van der Waals surface area contributed by atoms with E-state index in [9.17, 15) is 19.8 Å². The molecule has 0 aromatic rings. The van der Waals surface area contributed by atoms with E-state index in [-0.39, 0.29) is 19.7 Å². The van der Waals surface area contributed by atoms with Crippen molar-refractivity contribution in [3.05, 3.63) is 0 Å². The number of hydrogen-bond acceptors (Lipinski definition) is 4. The Balaban J connectivity index is 2.88. The number of rotatable bonds is 3. The molecule has 0 aromatic heterocycles.